The molecule has 1 atom stereocenters. The molecule has 0 aliphatic carbocycles. The predicted octanol–water partition coefficient (Wildman–Crippen LogP) is -0.475. The van der Waals surface area contributed by atoms with Crippen molar-refractivity contribution in [1.82, 2.24) is 9.62 Å². The Morgan fingerprint density at radius 2 is 2.00 bits per heavy atom. The summed E-state index contributed by atoms with van der Waals surface area (Å²) in [6.45, 7) is 4.02. The van der Waals surface area contributed by atoms with Crippen LogP contribution in [0.2, 0.25) is 0 Å². The van der Waals surface area contributed by atoms with Gasteiger partial charge in [-0.1, -0.05) is 0 Å². The first-order valence-corrected chi connectivity index (χ1v) is 7.34. The van der Waals surface area contributed by atoms with E-state index >= 15 is 0 Å². The topological polar surface area (TPSA) is 69.6 Å². The average Bonchev–Trinajstić information content (AvgIpc) is 2.70. The van der Waals surface area contributed by atoms with Gasteiger partial charge in [0.2, 0.25) is 10.0 Å². The maximum absolute atomic E-state index is 12.2. The highest BCUT2D eigenvalue weighted by Gasteiger charge is 2.38. The summed E-state index contributed by atoms with van der Waals surface area (Å²) in [6, 6.07) is 0. The van der Waals surface area contributed by atoms with E-state index in [0.717, 1.165) is 6.54 Å². The van der Waals surface area contributed by atoms with Gasteiger partial charge in [0, 0.05) is 19.6 Å². The third kappa shape index (κ3) is 2.40. The fourth-order valence-electron chi connectivity index (χ4n) is 2.32. The Hall–Kier alpha value is -0.170. The zero-order valence-electron chi connectivity index (χ0n) is 9.65. The molecule has 2 saturated heterocycles. The van der Waals surface area contributed by atoms with Crippen LogP contribution in [0, 0.1) is 0 Å². The molecule has 2 N–H and O–H groups in total. The normalized spacial score (nSPS) is 31.8. The summed E-state index contributed by atoms with van der Waals surface area (Å²) in [6.07, 6.45) is 1.77. The van der Waals surface area contributed by atoms with E-state index in [9.17, 15) is 13.5 Å². The molecule has 0 saturated carbocycles. The minimum Gasteiger partial charge on any atom is -0.390 e. The average molecular weight is 248 g/mol. The number of hydrogen-bond acceptors (Lipinski definition) is 4. The Morgan fingerprint density at radius 1 is 1.38 bits per heavy atom. The van der Waals surface area contributed by atoms with E-state index in [-0.39, 0.29) is 5.25 Å². The third-order valence-corrected chi connectivity index (χ3v) is 5.93. The Bertz CT molecular complexity index is 337. The standard InChI is InChI=1S/C10H20N2O3S/c1-10(13)3-6-12(7-4-10)16(14,15)9-2-5-11-8-9/h9,11,13H,2-8H2,1H3. The highest BCUT2D eigenvalue weighted by Crippen LogP contribution is 2.25. The highest BCUT2D eigenvalue weighted by molar-refractivity contribution is 7.89. The first kappa shape index (κ1) is 12.3. The smallest absolute Gasteiger partial charge is 0.218 e. The highest BCUT2D eigenvalue weighted by atomic mass is 32.2. The Kier molecular flexibility index (Phi) is 3.27. The van der Waals surface area contributed by atoms with Gasteiger partial charge in [0.05, 0.1) is 10.9 Å². The van der Waals surface area contributed by atoms with E-state index in [2.05, 4.69) is 5.32 Å². The largest absolute Gasteiger partial charge is 0.390 e. The van der Waals surface area contributed by atoms with Crippen molar-refractivity contribution in [3.05, 3.63) is 0 Å². The molecule has 5 nitrogen and oxygen atoms in total. The van der Waals surface area contributed by atoms with Crippen molar-refractivity contribution in [3.63, 3.8) is 0 Å². The number of nitrogens with one attached hydrogen (secondary N) is 1. The Labute approximate surface area is 96.9 Å². The van der Waals surface area contributed by atoms with Crippen molar-refractivity contribution < 1.29 is 13.5 Å². The molecule has 0 bridgehead atoms. The minimum absolute atomic E-state index is 0.268. The van der Waals surface area contributed by atoms with Gasteiger partial charge in [-0.3, -0.25) is 0 Å². The van der Waals surface area contributed by atoms with Gasteiger partial charge in [0.15, 0.2) is 0 Å². The summed E-state index contributed by atoms with van der Waals surface area (Å²) in [5.74, 6) is 0. The van der Waals surface area contributed by atoms with Crippen molar-refractivity contribution in [2.45, 2.75) is 37.0 Å². The maximum atomic E-state index is 12.2. The molecule has 94 valence electrons. The fraction of sp³-hybridized carbons (Fsp3) is 1.00. The van der Waals surface area contributed by atoms with E-state index < -0.39 is 15.6 Å². The second kappa shape index (κ2) is 4.25. The molecular weight excluding hydrogens is 228 g/mol. The van der Waals surface area contributed by atoms with Crippen LogP contribution in [0.1, 0.15) is 26.2 Å². The molecule has 0 spiro atoms. The van der Waals surface area contributed by atoms with E-state index in [1.54, 1.807) is 11.2 Å². The van der Waals surface area contributed by atoms with Crippen molar-refractivity contribution in [2.24, 2.45) is 0 Å². The molecule has 0 aromatic rings. The minimum atomic E-state index is -3.15. The lowest BCUT2D eigenvalue weighted by Gasteiger charge is -2.36. The van der Waals surface area contributed by atoms with Gasteiger partial charge < -0.3 is 10.4 Å². The molecule has 2 aliphatic heterocycles. The SMILES string of the molecule is CC1(O)CCN(S(=O)(=O)C2CCNC2)CC1. The molecule has 2 aliphatic rings. The van der Waals surface area contributed by atoms with Crippen LogP contribution in [-0.4, -0.2) is 54.9 Å². The van der Waals surface area contributed by atoms with E-state index in [1.807, 2.05) is 0 Å². The maximum Gasteiger partial charge on any atom is 0.218 e. The van der Waals surface area contributed by atoms with Gasteiger partial charge in [-0.2, -0.15) is 0 Å². The Balaban J connectivity index is 2.02. The zero-order valence-corrected chi connectivity index (χ0v) is 10.5. The number of aliphatic hydroxyl groups is 1. The quantitative estimate of drug-likeness (QED) is 0.693. The Morgan fingerprint density at radius 3 is 2.50 bits per heavy atom. The van der Waals surface area contributed by atoms with Crippen LogP contribution in [0.25, 0.3) is 0 Å². The molecule has 16 heavy (non-hydrogen) atoms. The number of nitrogens with zero attached hydrogens (tertiary/aromatic N) is 1. The monoisotopic (exact) mass is 248 g/mol. The molecule has 0 amide bonds. The molecule has 2 heterocycles. The lowest BCUT2D eigenvalue weighted by Crippen LogP contribution is -2.48. The van der Waals surface area contributed by atoms with Gasteiger partial charge in [-0.25, -0.2) is 12.7 Å². The van der Waals surface area contributed by atoms with Crippen LogP contribution in [0.5, 0.6) is 0 Å². The number of sulfonamides is 1. The zero-order chi connectivity index (χ0) is 11.8. The van der Waals surface area contributed by atoms with Crippen molar-refractivity contribution >= 4 is 10.0 Å². The van der Waals surface area contributed by atoms with Crippen LogP contribution in [0.3, 0.4) is 0 Å². The molecule has 2 fully saturated rings. The first-order chi connectivity index (χ1) is 7.42. The van der Waals surface area contributed by atoms with Crippen molar-refractivity contribution in [2.75, 3.05) is 26.2 Å². The summed E-state index contributed by atoms with van der Waals surface area (Å²) in [5, 5.41) is 12.6. The summed E-state index contributed by atoms with van der Waals surface area (Å²) in [5.41, 5.74) is -0.694. The summed E-state index contributed by atoms with van der Waals surface area (Å²) in [4.78, 5) is 0. The number of hydrogen-bond donors (Lipinski definition) is 2. The van der Waals surface area contributed by atoms with E-state index in [0.29, 0.717) is 38.9 Å². The lowest BCUT2D eigenvalue weighted by molar-refractivity contribution is 0.0124. The van der Waals surface area contributed by atoms with Crippen molar-refractivity contribution in [3.8, 4) is 0 Å². The van der Waals surface area contributed by atoms with Gasteiger partial charge >= 0.3 is 0 Å². The second-order valence-corrected chi connectivity index (χ2v) is 7.27. The third-order valence-electron chi connectivity index (χ3n) is 3.60. The van der Waals surface area contributed by atoms with Crippen LogP contribution in [0.15, 0.2) is 0 Å². The van der Waals surface area contributed by atoms with E-state index in [1.165, 1.54) is 0 Å². The predicted molar refractivity (Wildman–Crippen MR) is 61.6 cm³/mol. The van der Waals surface area contributed by atoms with Gasteiger partial charge in [0.25, 0.3) is 0 Å². The van der Waals surface area contributed by atoms with Gasteiger partial charge in [0.1, 0.15) is 0 Å². The lowest BCUT2D eigenvalue weighted by atomic mass is 9.95. The first-order valence-electron chi connectivity index (χ1n) is 5.84. The van der Waals surface area contributed by atoms with Crippen LogP contribution >= 0.6 is 0 Å². The fourth-order valence-corrected chi connectivity index (χ4v) is 4.17. The molecular formula is C10H20N2O3S. The molecule has 0 aromatic heterocycles. The van der Waals surface area contributed by atoms with Crippen LogP contribution in [-0.2, 0) is 10.0 Å². The van der Waals surface area contributed by atoms with Crippen molar-refractivity contribution in [1.29, 1.82) is 0 Å². The summed E-state index contributed by atoms with van der Waals surface area (Å²) < 4.78 is 26.0. The number of rotatable bonds is 2. The second-order valence-electron chi connectivity index (χ2n) is 5.06. The molecule has 0 aromatic carbocycles. The molecule has 0 radical (unpaired) electrons. The summed E-state index contributed by atoms with van der Waals surface area (Å²) >= 11 is 0. The van der Waals surface area contributed by atoms with Crippen LogP contribution < -0.4 is 5.32 Å². The van der Waals surface area contributed by atoms with Crippen LogP contribution in [0.4, 0.5) is 0 Å². The molecule has 6 heteroatoms. The van der Waals surface area contributed by atoms with E-state index in [4.69, 9.17) is 0 Å². The van der Waals surface area contributed by atoms with Gasteiger partial charge in [-0.05, 0) is 32.7 Å². The van der Waals surface area contributed by atoms with Gasteiger partial charge in [-0.15, -0.1) is 0 Å². The molecule has 1 unspecified atom stereocenters. The number of piperidine rings is 1. The molecule has 2 rings (SSSR count). The summed E-state index contributed by atoms with van der Waals surface area (Å²) in [7, 11) is -3.15.